The Hall–Kier alpha value is -1.76. The largest absolute Gasteiger partial charge is 0.497 e. The van der Waals surface area contributed by atoms with E-state index in [1.807, 2.05) is 0 Å². The maximum Gasteiger partial charge on any atom is 0.320 e. The molecule has 2 rings (SSSR count). The maximum atomic E-state index is 12.0. The van der Waals surface area contributed by atoms with Gasteiger partial charge in [0.2, 0.25) is 10.0 Å². The van der Waals surface area contributed by atoms with Gasteiger partial charge in [-0.15, -0.1) is 0 Å². The molecule has 0 saturated heterocycles. The fraction of sp³-hybridized carbons (Fsp3) is 0.417. The second kappa shape index (κ2) is 5.08. The number of hydrogen-bond acceptors (Lipinski definition) is 4. The van der Waals surface area contributed by atoms with Crippen molar-refractivity contribution in [2.75, 3.05) is 23.7 Å². The van der Waals surface area contributed by atoms with Gasteiger partial charge in [-0.25, -0.2) is 8.42 Å². The molecule has 0 radical (unpaired) electrons. The summed E-state index contributed by atoms with van der Waals surface area (Å²) in [5, 5.41) is 8.68. The van der Waals surface area contributed by atoms with Crippen LogP contribution in [0, 0.1) is 0 Å². The first-order chi connectivity index (χ1) is 8.94. The molecule has 19 heavy (non-hydrogen) atoms. The van der Waals surface area contributed by atoms with Crippen LogP contribution in [0.5, 0.6) is 5.75 Å². The zero-order chi connectivity index (χ0) is 14.0. The number of sulfonamides is 1. The van der Waals surface area contributed by atoms with E-state index in [0.29, 0.717) is 24.4 Å². The molecule has 6 nitrogen and oxygen atoms in total. The molecule has 0 aliphatic carbocycles. The lowest BCUT2D eigenvalue weighted by Gasteiger charge is -2.30. The Kier molecular flexibility index (Phi) is 3.66. The number of hydrogen-bond donors (Lipinski definition) is 1. The normalized spacial score (nSPS) is 14.9. The van der Waals surface area contributed by atoms with Crippen LogP contribution < -0.4 is 9.04 Å². The highest BCUT2D eigenvalue weighted by Crippen LogP contribution is 2.32. The molecule has 1 aromatic rings. The molecule has 1 heterocycles. The first-order valence-corrected chi connectivity index (χ1v) is 7.44. The highest BCUT2D eigenvalue weighted by atomic mass is 32.2. The molecule has 0 fully saturated rings. The maximum absolute atomic E-state index is 12.0. The highest BCUT2D eigenvalue weighted by molar-refractivity contribution is 7.93. The van der Waals surface area contributed by atoms with Crippen molar-refractivity contribution in [1.82, 2.24) is 0 Å². The number of carboxylic acid groups (broad SMARTS) is 1. The van der Waals surface area contributed by atoms with E-state index in [2.05, 4.69) is 0 Å². The molecule has 0 bridgehead atoms. The van der Waals surface area contributed by atoms with Gasteiger partial charge in [-0.2, -0.15) is 0 Å². The third-order valence-electron chi connectivity index (χ3n) is 3.00. The van der Waals surface area contributed by atoms with Crippen molar-refractivity contribution in [3.63, 3.8) is 0 Å². The zero-order valence-corrected chi connectivity index (χ0v) is 11.3. The lowest BCUT2D eigenvalue weighted by molar-refractivity contribution is -0.134. The molecule has 1 aliphatic rings. The summed E-state index contributed by atoms with van der Waals surface area (Å²) in [6, 6.07) is 5.12. The third-order valence-corrected chi connectivity index (χ3v) is 4.67. The topological polar surface area (TPSA) is 83.9 Å². The molecule has 0 spiro atoms. The van der Waals surface area contributed by atoms with Crippen LogP contribution in [0.3, 0.4) is 0 Å². The van der Waals surface area contributed by atoms with Gasteiger partial charge < -0.3 is 9.84 Å². The molecule has 7 heteroatoms. The SMILES string of the molecule is COc1ccc2c(c1)CCCN2S(=O)(=O)CC(=O)O. The van der Waals surface area contributed by atoms with E-state index in [9.17, 15) is 13.2 Å². The Bertz CT molecular complexity index is 596. The highest BCUT2D eigenvalue weighted by Gasteiger charge is 2.29. The van der Waals surface area contributed by atoms with Crippen molar-refractivity contribution in [3.05, 3.63) is 23.8 Å². The van der Waals surface area contributed by atoms with E-state index in [0.717, 1.165) is 12.0 Å². The predicted octanol–water partition coefficient (Wildman–Crippen LogP) is 0.862. The second-order valence-corrected chi connectivity index (χ2v) is 6.21. The van der Waals surface area contributed by atoms with Crippen molar-refractivity contribution in [2.24, 2.45) is 0 Å². The van der Waals surface area contributed by atoms with Crippen LogP contribution in [0.1, 0.15) is 12.0 Å². The van der Waals surface area contributed by atoms with Gasteiger partial charge in [-0.3, -0.25) is 9.10 Å². The van der Waals surface area contributed by atoms with E-state index in [1.165, 1.54) is 4.31 Å². The van der Waals surface area contributed by atoms with Crippen molar-refractivity contribution in [3.8, 4) is 5.75 Å². The molecule has 104 valence electrons. The first kappa shape index (κ1) is 13.7. The molecule has 0 amide bonds. The van der Waals surface area contributed by atoms with Crippen molar-refractivity contribution < 1.29 is 23.1 Å². The Labute approximate surface area is 111 Å². The van der Waals surface area contributed by atoms with Crippen LogP contribution in [-0.4, -0.2) is 38.9 Å². The number of rotatable bonds is 4. The number of methoxy groups -OCH3 is 1. The molecule has 0 unspecified atom stereocenters. The Morgan fingerprint density at radius 3 is 2.84 bits per heavy atom. The molecular weight excluding hydrogens is 270 g/mol. The Morgan fingerprint density at radius 1 is 1.47 bits per heavy atom. The van der Waals surface area contributed by atoms with Gasteiger partial charge in [0.05, 0.1) is 12.8 Å². The van der Waals surface area contributed by atoms with Crippen LogP contribution in [0.25, 0.3) is 0 Å². The number of aryl methyl sites for hydroxylation is 1. The summed E-state index contributed by atoms with van der Waals surface area (Å²) < 4.78 is 30.3. The third kappa shape index (κ3) is 2.81. The minimum atomic E-state index is -3.82. The summed E-state index contributed by atoms with van der Waals surface area (Å²) in [6.45, 7) is 0.314. The average molecular weight is 285 g/mol. The number of aliphatic carboxylic acids is 1. The number of nitrogens with zero attached hydrogens (tertiary/aromatic N) is 1. The molecule has 1 N–H and O–H groups in total. The summed E-state index contributed by atoms with van der Waals surface area (Å²) in [5.74, 6) is -1.57. The average Bonchev–Trinajstić information content (AvgIpc) is 2.35. The second-order valence-electron chi connectivity index (χ2n) is 4.32. The van der Waals surface area contributed by atoms with Gasteiger partial charge in [-0.05, 0) is 36.6 Å². The number of carbonyl (C=O) groups is 1. The van der Waals surface area contributed by atoms with Crippen LogP contribution >= 0.6 is 0 Å². The van der Waals surface area contributed by atoms with Crippen molar-refractivity contribution >= 4 is 21.7 Å². The molecule has 0 saturated carbocycles. The minimum absolute atomic E-state index is 0.314. The summed E-state index contributed by atoms with van der Waals surface area (Å²) in [5.41, 5.74) is 1.41. The zero-order valence-electron chi connectivity index (χ0n) is 10.5. The number of benzene rings is 1. The molecule has 0 aromatic heterocycles. The predicted molar refractivity (Wildman–Crippen MR) is 70.1 cm³/mol. The van der Waals surface area contributed by atoms with Gasteiger partial charge in [-0.1, -0.05) is 0 Å². The van der Waals surface area contributed by atoms with Crippen LogP contribution in [0.2, 0.25) is 0 Å². The van der Waals surface area contributed by atoms with Crippen LogP contribution in [0.15, 0.2) is 18.2 Å². The fourth-order valence-corrected chi connectivity index (χ4v) is 3.54. The quantitative estimate of drug-likeness (QED) is 0.887. The monoisotopic (exact) mass is 285 g/mol. The Balaban J connectivity index is 2.40. The lowest BCUT2D eigenvalue weighted by atomic mass is 10.0. The summed E-state index contributed by atoms with van der Waals surface area (Å²) in [4.78, 5) is 10.6. The molecule has 1 aromatic carbocycles. The van der Waals surface area contributed by atoms with E-state index in [1.54, 1.807) is 25.3 Å². The van der Waals surface area contributed by atoms with Gasteiger partial charge in [0, 0.05) is 6.54 Å². The molecule has 1 aliphatic heterocycles. The summed E-state index contributed by atoms with van der Waals surface area (Å²) >= 11 is 0. The van der Waals surface area contributed by atoms with Gasteiger partial charge in [0.1, 0.15) is 5.75 Å². The van der Waals surface area contributed by atoms with Crippen LogP contribution in [0.4, 0.5) is 5.69 Å². The van der Waals surface area contributed by atoms with E-state index in [-0.39, 0.29) is 0 Å². The summed E-state index contributed by atoms with van der Waals surface area (Å²) in [6.07, 6.45) is 1.42. The standard InChI is InChI=1S/C12H15NO5S/c1-18-10-4-5-11-9(7-10)3-2-6-13(11)19(16,17)8-12(14)15/h4-5,7H,2-3,6,8H2,1H3,(H,14,15). The minimum Gasteiger partial charge on any atom is -0.497 e. The number of ether oxygens (including phenoxy) is 1. The fourth-order valence-electron chi connectivity index (χ4n) is 2.19. The number of anilines is 1. The molecular formula is C12H15NO5S. The smallest absolute Gasteiger partial charge is 0.320 e. The first-order valence-electron chi connectivity index (χ1n) is 5.83. The van der Waals surface area contributed by atoms with E-state index in [4.69, 9.17) is 9.84 Å². The van der Waals surface area contributed by atoms with Gasteiger partial charge in [0.15, 0.2) is 5.75 Å². The molecule has 0 atom stereocenters. The lowest BCUT2D eigenvalue weighted by Crippen LogP contribution is -2.38. The van der Waals surface area contributed by atoms with Crippen molar-refractivity contribution in [2.45, 2.75) is 12.8 Å². The summed E-state index contributed by atoms with van der Waals surface area (Å²) in [7, 11) is -2.28. The van der Waals surface area contributed by atoms with E-state index >= 15 is 0 Å². The number of fused-ring (bicyclic) bond motifs is 1. The number of carboxylic acids is 1. The van der Waals surface area contributed by atoms with Crippen LogP contribution in [-0.2, 0) is 21.2 Å². The van der Waals surface area contributed by atoms with Gasteiger partial charge >= 0.3 is 5.97 Å². The Morgan fingerprint density at radius 2 is 2.21 bits per heavy atom. The van der Waals surface area contributed by atoms with Crippen molar-refractivity contribution in [1.29, 1.82) is 0 Å². The van der Waals surface area contributed by atoms with E-state index < -0.39 is 21.7 Å². The van der Waals surface area contributed by atoms with Gasteiger partial charge in [0.25, 0.3) is 0 Å².